The zero-order valence-electron chi connectivity index (χ0n) is 10.4. The third-order valence-corrected chi connectivity index (χ3v) is 2.19. The SMILES string of the molecule is CC(C)(C)NC(=O)C(O)c1cc(Cl)nc(C#N)c1. The largest absolute Gasteiger partial charge is 0.378 e. The molecule has 1 unspecified atom stereocenters. The Labute approximate surface area is 110 Å². The second kappa shape index (κ2) is 5.34. The Morgan fingerprint density at radius 1 is 1.56 bits per heavy atom. The fraction of sp³-hybridized carbons (Fsp3) is 0.417. The molecule has 0 saturated heterocycles. The molecule has 0 aliphatic carbocycles. The van der Waals surface area contributed by atoms with Crippen LogP contribution in [0.1, 0.15) is 38.1 Å². The molecule has 0 radical (unpaired) electrons. The lowest BCUT2D eigenvalue weighted by atomic mass is 10.1. The van der Waals surface area contributed by atoms with Crippen LogP contribution in [-0.2, 0) is 4.79 Å². The molecule has 0 aromatic carbocycles. The van der Waals surface area contributed by atoms with Gasteiger partial charge >= 0.3 is 0 Å². The minimum absolute atomic E-state index is 0.0557. The predicted octanol–water partition coefficient (Wildman–Crippen LogP) is 1.55. The number of nitrogens with zero attached hydrogens (tertiary/aromatic N) is 2. The molecule has 0 bridgehead atoms. The molecule has 1 aromatic rings. The molecule has 0 aliphatic rings. The van der Waals surface area contributed by atoms with E-state index in [1.807, 2.05) is 6.07 Å². The lowest BCUT2D eigenvalue weighted by Crippen LogP contribution is -2.43. The molecule has 2 N–H and O–H groups in total. The molecule has 0 aliphatic heterocycles. The molecule has 6 heteroatoms. The van der Waals surface area contributed by atoms with E-state index in [9.17, 15) is 9.90 Å². The number of hydrogen-bond donors (Lipinski definition) is 2. The Morgan fingerprint density at radius 3 is 2.67 bits per heavy atom. The molecule has 0 spiro atoms. The highest BCUT2D eigenvalue weighted by Crippen LogP contribution is 2.18. The van der Waals surface area contributed by atoms with Gasteiger partial charge in [-0.3, -0.25) is 4.79 Å². The van der Waals surface area contributed by atoms with E-state index in [0.717, 1.165) is 0 Å². The van der Waals surface area contributed by atoms with Crippen molar-refractivity contribution in [1.29, 1.82) is 5.26 Å². The van der Waals surface area contributed by atoms with Crippen LogP contribution in [0, 0.1) is 11.3 Å². The summed E-state index contributed by atoms with van der Waals surface area (Å²) in [5.74, 6) is -0.548. The van der Waals surface area contributed by atoms with Crippen LogP contribution < -0.4 is 5.32 Å². The van der Waals surface area contributed by atoms with Crippen LogP contribution in [0.3, 0.4) is 0 Å². The molecule has 1 amide bonds. The number of carbonyl (C=O) groups excluding carboxylic acids is 1. The second-order valence-corrected chi connectivity index (χ2v) is 5.25. The van der Waals surface area contributed by atoms with Gasteiger partial charge in [-0.15, -0.1) is 0 Å². The summed E-state index contributed by atoms with van der Waals surface area (Å²) in [5.41, 5.74) is -0.152. The predicted molar refractivity (Wildman–Crippen MR) is 66.8 cm³/mol. The Morgan fingerprint density at radius 2 is 2.17 bits per heavy atom. The van der Waals surface area contributed by atoms with Gasteiger partial charge in [0.25, 0.3) is 5.91 Å². The Bertz CT molecular complexity index is 503. The summed E-state index contributed by atoms with van der Waals surface area (Å²) in [5, 5.41) is 21.3. The number of aromatic nitrogens is 1. The van der Waals surface area contributed by atoms with E-state index in [4.69, 9.17) is 16.9 Å². The van der Waals surface area contributed by atoms with Crippen LogP contribution in [0.2, 0.25) is 5.15 Å². The maximum atomic E-state index is 11.8. The second-order valence-electron chi connectivity index (χ2n) is 4.86. The van der Waals surface area contributed by atoms with E-state index in [0.29, 0.717) is 0 Å². The number of amides is 1. The topological polar surface area (TPSA) is 86.0 Å². The Hall–Kier alpha value is -1.64. The van der Waals surface area contributed by atoms with Crippen molar-refractivity contribution in [3.63, 3.8) is 0 Å². The molecule has 1 rings (SSSR count). The first-order chi connectivity index (χ1) is 8.23. The molecule has 5 nitrogen and oxygen atoms in total. The van der Waals surface area contributed by atoms with E-state index in [1.165, 1.54) is 12.1 Å². The summed E-state index contributed by atoms with van der Waals surface area (Å²) in [6.45, 7) is 5.41. The first-order valence-electron chi connectivity index (χ1n) is 5.30. The highest BCUT2D eigenvalue weighted by atomic mass is 35.5. The third-order valence-electron chi connectivity index (χ3n) is 1.99. The quantitative estimate of drug-likeness (QED) is 0.796. The number of hydrogen-bond acceptors (Lipinski definition) is 4. The summed E-state index contributed by atoms with van der Waals surface area (Å²) in [7, 11) is 0. The summed E-state index contributed by atoms with van der Waals surface area (Å²) in [6.07, 6.45) is -1.38. The average molecular weight is 268 g/mol. The highest BCUT2D eigenvalue weighted by Gasteiger charge is 2.23. The number of aliphatic hydroxyl groups is 1. The van der Waals surface area contributed by atoms with E-state index in [2.05, 4.69) is 10.3 Å². The number of rotatable bonds is 2. The number of halogens is 1. The van der Waals surface area contributed by atoms with Gasteiger partial charge in [0.1, 0.15) is 16.9 Å². The molecule has 1 aromatic heterocycles. The van der Waals surface area contributed by atoms with Gasteiger partial charge < -0.3 is 10.4 Å². The van der Waals surface area contributed by atoms with Gasteiger partial charge in [-0.2, -0.15) is 5.26 Å². The van der Waals surface area contributed by atoms with Crippen molar-refractivity contribution in [2.24, 2.45) is 0 Å². The molecule has 1 atom stereocenters. The van der Waals surface area contributed by atoms with Crippen molar-refractivity contribution in [3.05, 3.63) is 28.5 Å². The molecule has 1 heterocycles. The first kappa shape index (κ1) is 14.4. The lowest BCUT2D eigenvalue weighted by Gasteiger charge is -2.22. The van der Waals surface area contributed by atoms with Crippen LogP contribution in [0.4, 0.5) is 0 Å². The normalized spacial score (nSPS) is 12.7. The van der Waals surface area contributed by atoms with E-state index >= 15 is 0 Å². The number of pyridine rings is 1. The van der Waals surface area contributed by atoms with Gasteiger partial charge in [-0.25, -0.2) is 4.98 Å². The van der Waals surface area contributed by atoms with Crippen LogP contribution >= 0.6 is 11.6 Å². The van der Waals surface area contributed by atoms with Crippen LogP contribution in [0.15, 0.2) is 12.1 Å². The standard InChI is InChI=1S/C12H14ClN3O2/c1-12(2,3)16-11(18)10(17)7-4-8(6-14)15-9(13)5-7/h4-5,10,17H,1-3H3,(H,16,18). The zero-order chi connectivity index (χ0) is 13.9. The van der Waals surface area contributed by atoms with Gasteiger partial charge in [-0.1, -0.05) is 11.6 Å². The monoisotopic (exact) mass is 267 g/mol. The van der Waals surface area contributed by atoms with Crippen molar-refractivity contribution in [2.45, 2.75) is 32.4 Å². The smallest absolute Gasteiger partial charge is 0.253 e. The van der Waals surface area contributed by atoms with E-state index < -0.39 is 17.6 Å². The number of carbonyl (C=O) groups is 1. The summed E-state index contributed by atoms with van der Waals surface area (Å²) in [6, 6.07) is 4.50. The van der Waals surface area contributed by atoms with Crippen LogP contribution in [0.5, 0.6) is 0 Å². The Kier molecular flexibility index (Phi) is 4.28. The third kappa shape index (κ3) is 3.99. The minimum Gasteiger partial charge on any atom is -0.378 e. The van der Waals surface area contributed by atoms with Gasteiger partial charge in [-0.05, 0) is 38.5 Å². The van der Waals surface area contributed by atoms with Crippen molar-refractivity contribution in [2.75, 3.05) is 0 Å². The van der Waals surface area contributed by atoms with Gasteiger partial charge in [0, 0.05) is 5.54 Å². The summed E-state index contributed by atoms with van der Waals surface area (Å²) >= 11 is 5.71. The Balaban J connectivity index is 2.97. The molecule has 0 fully saturated rings. The maximum absolute atomic E-state index is 11.8. The van der Waals surface area contributed by atoms with Gasteiger partial charge in [0.15, 0.2) is 6.10 Å². The van der Waals surface area contributed by atoms with Crippen LogP contribution in [-0.4, -0.2) is 21.5 Å². The molecule has 0 saturated carbocycles. The van der Waals surface area contributed by atoms with Gasteiger partial charge in [0.2, 0.25) is 0 Å². The van der Waals surface area contributed by atoms with Crippen molar-refractivity contribution in [3.8, 4) is 6.07 Å². The minimum atomic E-state index is -1.38. The summed E-state index contributed by atoms with van der Waals surface area (Å²) in [4.78, 5) is 15.5. The van der Waals surface area contributed by atoms with Crippen molar-refractivity contribution >= 4 is 17.5 Å². The molecule has 18 heavy (non-hydrogen) atoms. The van der Waals surface area contributed by atoms with E-state index in [1.54, 1.807) is 20.8 Å². The molecular weight excluding hydrogens is 254 g/mol. The fourth-order valence-corrected chi connectivity index (χ4v) is 1.54. The van der Waals surface area contributed by atoms with Crippen molar-refractivity contribution < 1.29 is 9.90 Å². The summed E-state index contributed by atoms with van der Waals surface area (Å²) < 4.78 is 0. The number of aliphatic hydroxyl groups excluding tert-OH is 1. The first-order valence-corrected chi connectivity index (χ1v) is 5.68. The van der Waals surface area contributed by atoms with E-state index in [-0.39, 0.29) is 16.4 Å². The number of nitrogens with one attached hydrogen (secondary N) is 1. The number of nitriles is 1. The molecule has 96 valence electrons. The maximum Gasteiger partial charge on any atom is 0.253 e. The lowest BCUT2D eigenvalue weighted by molar-refractivity contribution is -0.131. The van der Waals surface area contributed by atoms with Crippen LogP contribution in [0.25, 0.3) is 0 Å². The fourth-order valence-electron chi connectivity index (χ4n) is 1.32. The van der Waals surface area contributed by atoms with Crippen molar-refractivity contribution in [1.82, 2.24) is 10.3 Å². The van der Waals surface area contributed by atoms with Gasteiger partial charge in [0.05, 0.1) is 0 Å². The zero-order valence-corrected chi connectivity index (χ0v) is 11.1. The molecular formula is C12H14ClN3O2. The highest BCUT2D eigenvalue weighted by molar-refractivity contribution is 6.29. The average Bonchev–Trinajstić information content (AvgIpc) is 2.24.